The van der Waals surface area contributed by atoms with Crippen molar-refractivity contribution >= 4 is 5.97 Å². The average Bonchev–Trinajstić information content (AvgIpc) is 2.37. The van der Waals surface area contributed by atoms with Crippen LogP contribution >= 0.6 is 0 Å². The van der Waals surface area contributed by atoms with Crippen molar-refractivity contribution in [2.75, 3.05) is 13.2 Å². The van der Waals surface area contributed by atoms with Gasteiger partial charge in [-0.05, 0) is 37.1 Å². The lowest BCUT2D eigenvalue weighted by Crippen LogP contribution is -2.33. The molecule has 2 rings (SSSR count). The van der Waals surface area contributed by atoms with Crippen LogP contribution in [0.1, 0.15) is 36.1 Å². The van der Waals surface area contributed by atoms with Gasteiger partial charge in [0.05, 0.1) is 18.6 Å². The van der Waals surface area contributed by atoms with Crippen LogP contribution in [-0.2, 0) is 22.1 Å². The quantitative estimate of drug-likeness (QED) is 0.869. The Morgan fingerprint density at radius 2 is 2.20 bits per heavy atom. The number of hydrogen-bond acceptors (Lipinski definition) is 3. The number of ether oxygens (including phenoxy) is 1. The third-order valence-corrected chi connectivity index (χ3v) is 3.33. The zero-order chi connectivity index (χ0) is 14.8. The van der Waals surface area contributed by atoms with E-state index in [1.54, 1.807) is 13.0 Å². The van der Waals surface area contributed by atoms with E-state index >= 15 is 0 Å². The molecule has 1 aromatic carbocycles. The van der Waals surface area contributed by atoms with Crippen LogP contribution in [0.2, 0.25) is 0 Å². The summed E-state index contributed by atoms with van der Waals surface area (Å²) in [5.41, 5.74) is 0.220. The number of carbonyl (C=O) groups is 1. The highest BCUT2D eigenvalue weighted by atomic mass is 19.4. The largest absolute Gasteiger partial charge is 0.466 e. The van der Waals surface area contributed by atoms with E-state index in [-0.39, 0.29) is 18.6 Å². The van der Waals surface area contributed by atoms with Crippen molar-refractivity contribution < 1.29 is 22.7 Å². The van der Waals surface area contributed by atoms with Crippen LogP contribution in [0.3, 0.4) is 0 Å². The molecule has 110 valence electrons. The van der Waals surface area contributed by atoms with Crippen molar-refractivity contribution in [1.29, 1.82) is 0 Å². The topological polar surface area (TPSA) is 38.3 Å². The summed E-state index contributed by atoms with van der Waals surface area (Å²) in [4.78, 5) is 11.5. The van der Waals surface area contributed by atoms with Gasteiger partial charge < -0.3 is 10.1 Å². The van der Waals surface area contributed by atoms with Crippen LogP contribution in [0.15, 0.2) is 18.2 Å². The predicted molar refractivity (Wildman–Crippen MR) is 67.1 cm³/mol. The van der Waals surface area contributed by atoms with Crippen LogP contribution in [0.25, 0.3) is 0 Å². The molecule has 1 N–H and O–H groups in total. The molecule has 20 heavy (non-hydrogen) atoms. The van der Waals surface area contributed by atoms with Crippen molar-refractivity contribution in [3.63, 3.8) is 0 Å². The predicted octanol–water partition coefficient (Wildman–Crippen LogP) is 2.85. The molecule has 0 spiro atoms. The zero-order valence-corrected chi connectivity index (χ0v) is 11.1. The molecule has 1 aliphatic rings. The van der Waals surface area contributed by atoms with Gasteiger partial charge in [0, 0.05) is 6.04 Å². The van der Waals surface area contributed by atoms with E-state index < -0.39 is 23.8 Å². The van der Waals surface area contributed by atoms with Gasteiger partial charge in [0.1, 0.15) is 0 Å². The van der Waals surface area contributed by atoms with Crippen molar-refractivity contribution in [3.8, 4) is 0 Å². The van der Waals surface area contributed by atoms with Gasteiger partial charge >= 0.3 is 12.1 Å². The lowest BCUT2D eigenvalue weighted by Gasteiger charge is -2.28. The van der Waals surface area contributed by atoms with Crippen LogP contribution in [0.5, 0.6) is 0 Å². The van der Waals surface area contributed by atoms with Crippen molar-refractivity contribution in [3.05, 3.63) is 34.9 Å². The first-order valence-electron chi connectivity index (χ1n) is 6.51. The highest BCUT2D eigenvalue weighted by molar-refractivity contribution is 5.70. The summed E-state index contributed by atoms with van der Waals surface area (Å²) >= 11 is 0. The first-order valence-corrected chi connectivity index (χ1v) is 6.51. The minimum atomic E-state index is -4.36. The summed E-state index contributed by atoms with van der Waals surface area (Å²) < 4.78 is 43.8. The molecule has 0 saturated heterocycles. The lowest BCUT2D eigenvalue weighted by molar-refractivity contribution is -0.143. The van der Waals surface area contributed by atoms with Crippen molar-refractivity contribution in [1.82, 2.24) is 5.32 Å². The Morgan fingerprint density at radius 3 is 2.85 bits per heavy atom. The SMILES string of the molecule is CCOC(=O)CC1NCCc2c1cccc2C(F)(F)F. The molecule has 1 atom stereocenters. The molecule has 0 bridgehead atoms. The molecule has 1 aliphatic heterocycles. The van der Waals surface area contributed by atoms with E-state index in [0.29, 0.717) is 18.5 Å². The number of rotatable bonds is 3. The second-order valence-electron chi connectivity index (χ2n) is 4.64. The zero-order valence-electron chi connectivity index (χ0n) is 11.1. The maximum Gasteiger partial charge on any atom is 0.416 e. The molecular formula is C14H16F3NO2. The number of carbonyl (C=O) groups excluding carboxylic acids is 1. The maximum atomic E-state index is 13.0. The Morgan fingerprint density at radius 1 is 1.45 bits per heavy atom. The summed E-state index contributed by atoms with van der Waals surface area (Å²) in [6.07, 6.45) is -4.01. The van der Waals surface area contributed by atoms with Gasteiger partial charge in [-0.1, -0.05) is 12.1 Å². The van der Waals surface area contributed by atoms with Crippen LogP contribution < -0.4 is 5.32 Å². The minimum Gasteiger partial charge on any atom is -0.466 e. The molecule has 3 nitrogen and oxygen atoms in total. The van der Waals surface area contributed by atoms with Gasteiger partial charge in [-0.15, -0.1) is 0 Å². The number of hydrogen-bond donors (Lipinski definition) is 1. The van der Waals surface area contributed by atoms with E-state index in [0.717, 1.165) is 6.07 Å². The smallest absolute Gasteiger partial charge is 0.416 e. The number of halogens is 3. The molecule has 1 aromatic rings. The van der Waals surface area contributed by atoms with Gasteiger partial charge in [0.15, 0.2) is 0 Å². The number of esters is 1. The van der Waals surface area contributed by atoms with E-state index in [1.165, 1.54) is 6.07 Å². The average molecular weight is 287 g/mol. The fraction of sp³-hybridized carbons (Fsp3) is 0.500. The molecule has 1 unspecified atom stereocenters. The maximum absolute atomic E-state index is 13.0. The molecule has 1 heterocycles. The Hall–Kier alpha value is -1.56. The highest BCUT2D eigenvalue weighted by Gasteiger charge is 2.36. The molecule has 0 aromatic heterocycles. The van der Waals surface area contributed by atoms with Crippen LogP contribution in [0, 0.1) is 0 Å². The first-order chi connectivity index (χ1) is 9.43. The van der Waals surface area contributed by atoms with E-state index in [2.05, 4.69) is 5.32 Å². The molecule has 0 radical (unpaired) electrons. The van der Waals surface area contributed by atoms with Crippen molar-refractivity contribution in [2.45, 2.75) is 32.0 Å². The van der Waals surface area contributed by atoms with Gasteiger partial charge in [-0.3, -0.25) is 4.79 Å². The number of nitrogens with one attached hydrogen (secondary N) is 1. The third kappa shape index (κ3) is 3.12. The van der Waals surface area contributed by atoms with Crippen molar-refractivity contribution in [2.24, 2.45) is 0 Å². The Kier molecular flexibility index (Phi) is 4.32. The molecule has 6 heteroatoms. The Bertz CT molecular complexity index is 500. The van der Waals surface area contributed by atoms with Gasteiger partial charge in [-0.2, -0.15) is 13.2 Å². The molecule has 0 saturated carbocycles. The van der Waals surface area contributed by atoms with E-state index in [1.807, 2.05) is 0 Å². The Labute approximate surface area is 115 Å². The minimum absolute atomic E-state index is 0.0438. The molecule has 0 fully saturated rings. The summed E-state index contributed by atoms with van der Waals surface area (Å²) in [7, 11) is 0. The summed E-state index contributed by atoms with van der Waals surface area (Å²) in [6.45, 7) is 2.38. The van der Waals surface area contributed by atoms with Gasteiger partial charge in [0.25, 0.3) is 0 Å². The number of alkyl halides is 3. The molecule has 0 aliphatic carbocycles. The molecular weight excluding hydrogens is 271 g/mol. The third-order valence-electron chi connectivity index (χ3n) is 3.33. The second-order valence-corrected chi connectivity index (χ2v) is 4.64. The number of fused-ring (bicyclic) bond motifs is 1. The second kappa shape index (κ2) is 5.83. The van der Waals surface area contributed by atoms with Gasteiger partial charge in [-0.25, -0.2) is 0 Å². The lowest BCUT2D eigenvalue weighted by atomic mass is 9.89. The summed E-state index contributed by atoms with van der Waals surface area (Å²) in [5.74, 6) is -0.407. The highest BCUT2D eigenvalue weighted by Crippen LogP contribution is 2.37. The first kappa shape index (κ1) is 14.8. The molecule has 0 amide bonds. The normalized spacial score (nSPS) is 18.5. The Balaban J connectivity index is 2.30. The number of benzene rings is 1. The fourth-order valence-corrected chi connectivity index (χ4v) is 2.53. The van der Waals surface area contributed by atoms with E-state index in [9.17, 15) is 18.0 Å². The van der Waals surface area contributed by atoms with Crippen LogP contribution in [0.4, 0.5) is 13.2 Å². The summed E-state index contributed by atoms with van der Waals surface area (Å²) in [5, 5.41) is 3.08. The standard InChI is InChI=1S/C14H16F3NO2/c1-2-20-13(19)8-12-10-4-3-5-11(14(15,16)17)9(10)6-7-18-12/h3-5,12,18H,2,6-8H2,1H3. The monoisotopic (exact) mass is 287 g/mol. The fourth-order valence-electron chi connectivity index (χ4n) is 2.53. The van der Waals surface area contributed by atoms with Gasteiger partial charge in [0.2, 0.25) is 0 Å². The summed E-state index contributed by atoms with van der Waals surface area (Å²) in [6, 6.07) is 3.69. The van der Waals surface area contributed by atoms with Crippen LogP contribution in [-0.4, -0.2) is 19.1 Å². The van der Waals surface area contributed by atoms with E-state index in [4.69, 9.17) is 4.74 Å².